The monoisotopic (exact) mass is 287 g/mol. The minimum atomic E-state index is -0.886. The molecule has 0 saturated heterocycles. The molecule has 0 aliphatic rings. The van der Waals surface area contributed by atoms with Crippen LogP contribution in [0.4, 0.5) is 8.78 Å². The van der Waals surface area contributed by atoms with E-state index in [1.807, 2.05) is 32.9 Å². The largest absolute Gasteiger partial charge is 0.451 e. The van der Waals surface area contributed by atoms with Gasteiger partial charge in [0.05, 0.1) is 11.6 Å². The maximum atomic E-state index is 13.9. The summed E-state index contributed by atoms with van der Waals surface area (Å²) in [5.41, 5.74) is 1.72. The SMILES string of the molecule is Cc1ccc(C(C)C)c(Oc2c(F)cc(C#N)cc2F)c1. The second kappa shape index (κ2) is 5.92. The average Bonchev–Trinajstić information content (AvgIpc) is 2.42. The molecular formula is C17H15F2NO. The number of halogens is 2. The van der Waals surface area contributed by atoms with Gasteiger partial charge in [0.15, 0.2) is 17.4 Å². The third kappa shape index (κ3) is 3.19. The van der Waals surface area contributed by atoms with Gasteiger partial charge in [0.1, 0.15) is 5.75 Å². The summed E-state index contributed by atoms with van der Waals surface area (Å²) in [6.07, 6.45) is 0. The first-order valence-electron chi connectivity index (χ1n) is 6.60. The van der Waals surface area contributed by atoms with E-state index in [0.717, 1.165) is 23.3 Å². The van der Waals surface area contributed by atoms with E-state index in [9.17, 15) is 8.78 Å². The third-order valence-electron chi connectivity index (χ3n) is 3.13. The molecule has 4 heteroatoms. The van der Waals surface area contributed by atoms with Gasteiger partial charge in [0.25, 0.3) is 0 Å². The molecule has 0 heterocycles. The van der Waals surface area contributed by atoms with E-state index in [-0.39, 0.29) is 11.5 Å². The number of hydrogen-bond acceptors (Lipinski definition) is 2. The lowest BCUT2D eigenvalue weighted by molar-refractivity contribution is 0.402. The number of rotatable bonds is 3. The Morgan fingerprint density at radius 1 is 1.10 bits per heavy atom. The van der Waals surface area contributed by atoms with E-state index < -0.39 is 17.4 Å². The minimum Gasteiger partial charge on any atom is -0.451 e. The molecule has 0 radical (unpaired) electrons. The van der Waals surface area contributed by atoms with Gasteiger partial charge in [-0.05, 0) is 42.2 Å². The predicted molar refractivity (Wildman–Crippen MR) is 76.4 cm³/mol. The van der Waals surface area contributed by atoms with Crippen LogP contribution in [0.1, 0.15) is 36.5 Å². The fourth-order valence-electron chi connectivity index (χ4n) is 2.04. The fraction of sp³-hybridized carbons (Fsp3) is 0.235. The maximum Gasteiger partial charge on any atom is 0.198 e. The minimum absolute atomic E-state index is 0.0781. The van der Waals surface area contributed by atoms with Crippen LogP contribution < -0.4 is 4.74 Å². The molecule has 0 fully saturated rings. The predicted octanol–water partition coefficient (Wildman–Crippen LogP) is 5.06. The van der Waals surface area contributed by atoms with E-state index in [2.05, 4.69) is 0 Å². The van der Waals surface area contributed by atoms with E-state index in [4.69, 9.17) is 10.00 Å². The summed E-state index contributed by atoms with van der Waals surface area (Å²) in [5, 5.41) is 8.70. The lowest BCUT2D eigenvalue weighted by Gasteiger charge is -2.15. The molecular weight excluding hydrogens is 272 g/mol. The Hall–Kier alpha value is -2.41. The average molecular weight is 287 g/mol. The van der Waals surface area contributed by atoms with E-state index in [1.54, 1.807) is 12.1 Å². The molecule has 2 aromatic rings. The van der Waals surface area contributed by atoms with Crippen LogP contribution in [0, 0.1) is 29.9 Å². The Labute approximate surface area is 122 Å². The van der Waals surface area contributed by atoms with Gasteiger partial charge in [-0.2, -0.15) is 5.26 Å². The third-order valence-corrected chi connectivity index (χ3v) is 3.13. The quantitative estimate of drug-likeness (QED) is 0.790. The molecule has 0 unspecified atom stereocenters. The van der Waals surface area contributed by atoms with Crippen molar-refractivity contribution in [2.75, 3.05) is 0 Å². The summed E-state index contributed by atoms with van der Waals surface area (Å²) < 4.78 is 33.3. The van der Waals surface area contributed by atoms with Gasteiger partial charge in [-0.3, -0.25) is 0 Å². The van der Waals surface area contributed by atoms with Crippen molar-refractivity contribution in [3.05, 3.63) is 58.7 Å². The first-order chi connectivity index (χ1) is 9.92. The Balaban J connectivity index is 2.48. The second-order valence-corrected chi connectivity index (χ2v) is 5.18. The molecule has 0 atom stereocenters. The Morgan fingerprint density at radius 3 is 2.24 bits per heavy atom. The molecule has 2 rings (SSSR count). The number of hydrogen-bond donors (Lipinski definition) is 0. The fourth-order valence-corrected chi connectivity index (χ4v) is 2.04. The van der Waals surface area contributed by atoms with Crippen molar-refractivity contribution >= 4 is 0 Å². The van der Waals surface area contributed by atoms with Crippen molar-refractivity contribution < 1.29 is 13.5 Å². The van der Waals surface area contributed by atoms with Crippen molar-refractivity contribution in [3.8, 4) is 17.6 Å². The number of ether oxygens (including phenoxy) is 1. The zero-order chi connectivity index (χ0) is 15.6. The molecule has 2 aromatic carbocycles. The van der Waals surface area contributed by atoms with Crippen LogP contribution in [-0.4, -0.2) is 0 Å². The summed E-state index contributed by atoms with van der Waals surface area (Å²) in [5.74, 6) is -1.68. The van der Waals surface area contributed by atoms with Gasteiger partial charge in [-0.25, -0.2) is 8.78 Å². The highest BCUT2D eigenvalue weighted by molar-refractivity contribution is 5.44. The van der Waals surface area contributed by atoms with Crippen LogP contribution >= 0.6 is 0 Å². The maximum absolute atomic E-state index is 13.9. The van der Waals surface area contributed by atoms with Crippen LogP contribution in [0.25, 0.3) is 0 Å². The Bertz CT molecular complexity index is 694. The molecule has 0 saturated carbocycles. The summed E-state index contributed by atoms with van der Waals surface area (Å²) in [6, 6.07) is 9.18. The molecule has 2 nitrogen and oxygen atoms in total. The normalized spacial score (nSPS) is 10.5. The standard InChI is InChI=1S/C17H15F2NO/c1-10(2)13-5-4-11(3)6-16(13)21-17-14(18)7-12(9-20)8-15(17)19/h4-8,10H,1-3H3. The highest BCUT2D eigenvalue weighted by Crippen LogP contribution is 2.34. The van der Waals surface area contributed by atoms with Crippen LogP contribution in [0.2, 0.25) is 0 Å². The number of nitriles is 1. The first-order valence-corrected chi connectivity index (χ1v) is 6.60. The van der Waals surface area contributed by atoms with Gasteiger partial charge >= 0.3 is 0 Å². The van der Waals surface area contributed by atoms with Gasteiger partial charge in [0, 0.05) is 0 Å². The van der Waals surface area contributed by atoms with Crippen LogP contribution in [0.5, 0.6) is 11.5 Å². The van der Waals surface area contributed by atoms with Gasteiger partial charge in [-0.1, -0.05) is 26.0 Å². The summed E-state index contributed by atoms with van der Waals surface area (Å²) in [7, 11) is 0. The molecule has 0 aliphatic carbocycles. The smallest absolute Gasteiger partial charge is 0.198 e. The molecule has 0 aliphatic heterocycles. The van der Waals surface area contributed by atoms with Gasteiger partial charge < -0.3 is 4.74 Å². The van der Waals surface area contributed by atoms with Crippen molar-refractivity contribution in [2.45, 2.75) is 26.7 Å². The summed E-state index contributed by atoms with van der Waals surface area (Å²) in [6.45, 7) is 5.83. The van der Waals surface area contributed by atoms with Crippen LogP contribution in [0.3, 0.4) is 0 Å². The Kier molecular flexibility index (Phi) is 4.23. The highest BCUT2D eigenvalue weighted by atomic mass is 19.1. The highest BCUT2D eigenvalue weighted by Gasteiger charge is 2.16. The topological polar surface area (TPSA) is 33.0 Å². The molecule has 0 aromatic heterocycles. The van der Waals surface area contributed by atoms with E-state index in [0.29, 0.717) is 5.75 Å². The lowest BCUT2D eigenvalue weighted by Crippen LogP contribution is -1.99. The Morgan fingerprint density at radius 2 is 1.71 bits per heavy atom. The molecule has 21 heavy (non-hydrogen) atoms. The summed E-state index contributed by atoms with van der Waals surface area (Å²) >= 11 is 0. The van der Waals surface area contributed by atoms with Crippen molar-refractivity contribution in [3.63, 3.8) is 0 Å². The van der Waals surface area contributed by atoms with Crippen LogP contribution in [-0.2, 0) is 0 Å². The van der Waals surface area contributed by atoms with Gasteiger partial charge in [0.2, 0.25) is 0 Å². The van der Waals surface area contributed by atoms with Crippen molar-refractivity contribution in [1.29, 1.82) is 5.26 Å². The molecule has 0 bridgehead atoms. The number of nitrogens with zero attached hydrogens (tertiary/aromatic N) is 1. The molecule has 0 N–H and O–H groups in total. The van der Waals surface area contributed by atoms with Crippen LogP contribution in [0.15, 0.2) is 30.3 Å². The van der Waals surface area contributed by atoms with Crippen molar-refractivity contribution in [1.82, 2.24) is 0 Å². The second-order valence-electron chi connectivity index (χ2n) is 5.18. The number of benzene rings is 2. The molecule has 0 spiro atoms. The van der Waals surface area contributed by atoms with Crippen molar-refractivity contribution in [2.24, 2.45) is 0 Å². The van der Waals surface area contributed by atoms with E-state index >= 15 is 0 Å². The van der Waals surface area contributed by atoms with E-state index in [1.165, 1.54) is 0 Å². The van der Waals surface area contributed by atoms with Gasteiger partial charge in [-0.15, -0.1) is 0 Å². The molecule has 108 valence electrons. The first kappa shape index (κ1) is 15.0. The number of aryl methyl sites for hydroxylation is 1. The lowest BCUT2D eigenvalue weighted by atomic mass is 10.0. The zero-order valence-electron chi connectivity index (χ0n) is 12.1. The zero-order valence-corrected chi connectivity index (χ0v) is 12.1. The summed E-state index contributed by atoms with van der Waals surface area (Å²) in [4.78, 5) is 0. The molecule has 0 amide bonds.